The second-order valence-electron chi connectivity index (χ2n) is 9.81. The minimum atomic E-state index is -2.33. The molecule has 0 N–H and O–H groups in total. The van der Waals surface area contributed by atoms with Crippen LogP contribution in [0.15, 0.2) is 0 Å². The Balaban J connectivity index is -0.000000375. The number of carboxylic acid groups (broad SMARTS) is 2. The summed E-state index contributed by atoms with van der Waals surface area (Å²) >= 11 is 0. The van der Waals surface area contributed by atoms with Crippen LogP contribution < -0.4 is 10.2 Å². The van der Waals surface area contributed by atoms with Gasteiger partial charge >= 0.3 is 0 Å². The average Bonchev–Trinajstić information content (AvgIpc) is 2.52. The summed E-state index contributed by atoms with van der Waals surface area (Å²) < 4.78 is 2.24. The number of hydrogen-bond donors (Lipinski definition) is 0. The molecule has 0 aromatic heterocycles. The van der Waals surface area contributed by atoms with Crippen molar-refractivity contribution in [3.8, 4) is 0 Å². The van der Waals surface area contributed by atoms with E-state index >= 15 is 0 Å². The molecule has 0 bridgehead atoms. The highest BCUT2D eigenvalue weighted by Gasteiger charge is 2.05. The Hall–Kier alpha value is -0.810. The predicted octanol–water partition coefficient (Wildman–Crippen LogP) is 3.66. The van der Waals surface area contributed by atoms with E-state index in [2.05, 4.69) is 56.1 Å². The minimum absolute atomic E-state index is 1.12. The van der Waals surface area contributed by atoms with E-state index in [9.17, 15) is 0 Å². The van der Waals surface area contributed by atoms with Crippen molar-refractivity contribution in [3.63, 3.8) is 0 Å². The lowest BCUT2D eigenvalue weighted by molar-refractivity contribution is -0.870. The highest BCUT2D eigenvalue weighted by Crippen LogP contribution is 2.07. The van der Waals surface area contributed by atoms with Gasteiger partial charge in [0, 0.05) is 0 Å². The van der Waals surface area contributed by atoms with Crippen molar-refractivity contribution in [3.05, 3.63) is 0 Å². The summed E-state index contributed by atoms with van der Waals surface area (Å²) in [5.41, 5.74) is 0. The first-order valence-electron chi connectivity index (χ1n) is 11.3. The molecular weight excluding hydrogens is 352 g/mol. The molecule has 0 aliphatic carbocycles. The molecule has 0 aromatic carbocycles. The first kappa shape index (κ1) is 31.9. The van der Waals surface area contributed by atoms with Gasteiger partial charge in [-0.25, -0.2) is 0 Å². The highest BCUT2D eigenvalue weighted by atomic mass is 16.6. The predicted molar refractivity (Wildman–Crippen MR) is 118 cm³/mol. The zero-order chi connectivity index (χ0) is 22.5. The topological polar surface area (TPSA) is 63.2 Å². The molecule has 0 radical (unpaired) electrons. The smallest absolute Gasteiger partial charge is 0.0780 e. The second kappa shape index (κ2) is 20.9. The molecule has 0 rings (SSSR count). The summed E-state index contributed by atoms with van der Waals surface area (Å²) in [6.07, 6.45) is 14.6. The molecule has 5 heteroatoms. The maximum atomic E-state index is 8.33. The Kier molecular flexibility index (Phi) is 23.8. The molecule has 0 aliphatic heterocycles. The number of hydrogen-bond acceptors (Lipinski definition) is 3. The molecule has 5 nitrogen and oxygen atoms in total. The van der Waals surface area contributed by atoms with Gasteiger partial charge < -0.3 is 24.0 Å². The van der Waals surface area contributed by atoms with Crippen LogP contribution >= 0.6 is 0 Å². The lowest BCUT2D eigenvalue weighted by Gasteiger charge is -2.23. The molecule has 0 aliphatic rings. The van der Waals surface area contributed by atoms with Crippen molar-refractivity contribution in [2.45, 2.75) is 90.9 Å². The Morgan fingerprint density at radius 2 is 0.750 bits per heavy atom. The van der Waals surface area contributed by atoms with Crippen LogP contribution in [0.25, 0.3) is 0 Å². The van der Waals surface area contributed by atoms with Crippen molar-refractivity contribution >= 4 is 6.16 Å². The first-order chi connectivity index (χ1) is 12.9. The average molecular weight is 405 g/mol. The molecule has 0 saturated heterocycles. The van der Waals surface area contributed by atoms with E-state index in [1.807, 2.05) is 0 Å². The number of carbonyl (C=O) groups excluding carboxylic acids is 1. The summed E-state index contributed by atoms with van der Waals surface area (Å²) in [5, 5.41) is 16.7. The molecule has 0 fully saturated rings. The van der Waals surface area contributed by atoms with Gasteiger partial charge in [0.1, 0.15) is 0 Å². The lowest BCUT2D eigenvalue weighted by Crippen LogP contribution is -2.37. The summed E-state index contributed by atoms with van der Waals surface area (Å²) in [4.78, 5) is 8.33. The molecule has 172 valence electrons. The van der Waals surface area contributed by atoms with Crippen LogP contribution in [0, 0.1) is 0 Å². The largest absolute Gasteiger partial charge is 0.652 e. The van der Waals surface area contributed by atoms with Gasteiger partial charge in [-0.3, -0.25) is 0 Å². The standard InChI is InChI=1S/2C11H26N.CH2O3/c2*1-5-6-7-8-9-10-11-12(2,3)4;2-1(3)4/h2*5-11H2,1-4H3;(H2,2,3,4)/q2*+1;/p-2. The molecule has 0 spiro atoms. The Bertz CT molecular complexity index is 291. The number of unbranched alkanes of at least 4 members (excludes halogenated alkanes) is 10. The number of carbonyl (C=O) groups is 1. The van der Waals surface area contributed by atoms with E-state index in [4.69, 9.17) is 15.0 Å². The van der Waals surface area contributed by atoms with Crippen LogP contribution in [0.5, 0.6) is 0 Å². The molecule has 0 aromatic rings. The lowest BCUT2D eigenvalue weighted by atomic mass is 10.1. The van der Waals surface area contributed by atoms with Gasteiger partial charge in [-0.1, -0.05) is 65.2 Å². The van der Waals surface area contributed by atoms with Gasteiger partial charge in [0.25, 0.3) is 0 Å². The van der Waals surface area contributed by atoms with E-state index in [1.54, 1.807) is 0 Å². The van der Waals surface area contributed by atoms with Crippen molar-refractivity contribution in [2.75, 3.05) is 55.4 Å². The maximum absolute atomic E-state index is 8.33. The third-order valence-electron chi connectivity index (χ3n) is 4.36. The minimum Gasteiger partial charge on any atom is -0.652 e. The fourth-order valence-corrected chi connectivity index (χ4v) is 2.73. The molecular formula is C23H52N2O3. The van der Waals surface area contributed by atoms with Crippen molar-refractivity contribution in [2.24, 2.45) is 0 Å². The summed E-state index contributed by atoms with van der Waals surface area (Å²) in [6.45, 7) is 7.19. The molecule has 0 amide bonds. The number of rotatable bonds is 14. The third-order valence-corrected chi connectivity index (χ3v) is 4.36. The third kappa shape index (κ3) is 49.9. The Morgan fingerprint density at radius 1 is 0.536 bits per heavy atom. The molecule has 0 unspecified atom stereocenters. The SMILES string of the molecule is CCCCCCCC[N+](C)(C)C.CCCCCCCC[N+](C)(C)C.O=C([O-])[O-]. The molecule has 0 saturated carbocycles. The summed E-state index contributed by atoms with van der Waals surface area (Å²) in [7, 11) is 13.6. The van der Waals surface area contributed by atoms with E-state index in [0.29, 0.717) is 0 Å². The van der Waals surface area contributed by atoms with Gasteiger partial charge in [-0.2, -0.15) is 0 Å². The second-order valence-corrected chi connectivity index (χ2v) is 9.81. The van der Waals surface area contributed by atoms with E-state index in [-0.39, 0.29) is 0 Å². The molecule has 0 atom stereocenters. The van der Waals surface area contributed by atoms with Crippen LogP contribution in [-0.4, -0.2) is 70.5 Å². The van der Waals surface area contributed by atoms with Crippen LogP contribution in [-0.2, 0) is 0 Å². The Labute approximate surface area is 176 Å². The van der Waals surface area contributed by atoms with Crippen LogP contribution in [0.3, 0.4) is 0 Å². The maximum Gasteiger partial charge on any atom is 0.0780 e. The molecule has 28 heavy (non-hydrogen) atoms. The van der Waals surface area contributed by atoms with Gasteiger partial charge in [0.2, 0.25) is 0 Å². The van der Waals surface area contributed by atoms with Gasteiger partial charge in [0.05, 0.1) is 55.4 Å². The van der Waals surface area contributed by atoms with E-state index in [1.165, 1.54) is 90.1 Å². The molecule has 0 heterocycles. The number of quaternary nitrogens is 2. The first-order valence-corrected chi connectivity index (χ1v) is 11.3. The van der Waals surface area contributed by atoms with Crippen LogP contribution in [0.2, 0.25) is 0 Å². The van der Waals surface area contributed by atoms with Gasteiger partial charge in [-0.05, 0) is 31.8 Å². The zero-order valence-corrected chi connectivity index (χ0v) is 20.5. The number of nitrogens with zero attached hydrogens (tertiary/aromatic N) is 2. The van der Waals surface area contributed by atoms with Gasteiger partial charge in [0.15, 0.2) is 0 Å². The van der Waals surface area contributed by atoms with E-state index in [0.717, 1.165) is 8.97 Å². The quantitative estimate of drug-likeness (QED) is 0.328. The van der Waals surface area contributed by atoms with Crippen molar-refractivity contribution in [1.29, 1.82) is 0 Å². The Morgan fingerprint density at radius 3 is 0.964 bits per heavy atom. The normalized spacial score (nSPS) is 11.1. The van der Waals surface area contributed by atoms with Crippen molar-refractivity contribution in [1.82, 2.24) is 0 Å². The monoisotopic (exact) mass is 404 g/mol. The zero-order valence-electron chi connectivity index (χ0n) is 20.5. The summed E-state index contributed by atoms with van der Waals surface area (Å²) in [6, 6.07) is 0. The fourth-order valence-electron chi connectivity index (χ4n) is 2.73. The fraction of sp³-hybridized carbons (Fsp3) is 0.957. The summed E-state index contributed by atoms with van der Waals surface area (Å²) in [5.74, 6) is 0. The van der Waals surface area contributed by atoms with E-state index < -0.39 is 6.16 Å². The van der Waals surface area contributed by atoms with Crippen LogP contribution in [0.1, 0.15) is 90.9 Å². The van der Waals surface area contributed by atoms with Gasteiger partial charge in [-0.15, -0.1) is 0 Å². The highest BCUT2D eigenvalue weighted by molar-refractivity contribution is 5.47. The van der Waals surface area contributed by atoms with Crippen LogP contribution in [0.4, 0.5) is 4.79 Å². The van der Waals surface area contributed by atoms with Crippen molar-refractivity contribution < 1.29 is 24.0 Å².